The Morgan fingerprint density at radius 1 is 1.29 bits per heavy atom. The first kappa shape index (κ1) is 22.4. The Morgan fingerprint density at radius 2 is 2.10 bits per heavy atom. The lowest BCUT2D eigenvalue weighted by atomic mass is 10.1. The van der Waals surface area contributed by atoms with Crippen LogP contribution in [0, 0.1) is 10.1 Å². The zero-order chi connectivity index (χ0) is 22.2. The zero-order valence-corrected chi connectivity index (χ0v) is 18.0. The number of methoxy groups -OCH3 is 1. The zero-order valence-electron chi connectivity index (χ0n) is 17.2. The number of nitro benzene ring substituents is 1. The number of carbonyl (C=O) groups excluding carboxylic acids is 1. The molecule has 31 heavy (non-hydrogen) atoms. The Bertz CT molecular complexity index is 1070. The molecule has 1 amide bonds. The summed E-state index contributed by atoms with van der Waals surface area (Å²) in [5.74, 6) is 0.985. The molecule has 1 aromatic carbocycles. The van der Waals surface area contributed by atoms with Crippen molar-refractivity contribution in [2.45, 2.75) is 18.6 Å². The third-order valence-electron chi connectivity index (χ3n) is 4.30. The Morgan fingerprint density at radius 3 is 2.84 bits per heavy atom. The summed E-state index contributed by atoms with van der Waals surface area (Å²) in [4.78, 5) is 32.1. The standard InChI is InChI=1S/C19H23N7O4S/c1-3-31-19-23-16(20-9-11-30-2)14-12-22-25(17(14)24-19)10-8-21-18(27)13-6-4-5-7-15(13)26(28)29/h4-7,12H,3,8-11H2,1-2H3,(H,21,27)(H,20,23,24). The molecule has 3 aromatic rings. The lowest BCUT2D eigenvalue weighted by molar-refractivity contribution is -0.385. The monoisotopic (exact) mass is 445 g/mol. The molecule has 0 fully saturated rings. The molecule has 0 radical (unpaired) electrons. The molecular weight excluding hydrogens is 422 g/mol. The van der Waals surface area contributed by atoms with Gasteiger partial charge in [-0.15, -0.1) is 0 Å². The van der Waals surface area contributed by atoms with Gasteiger partial charge in [-0.2, -0.15) is 5.10 Å². The number of nitrogens with one attached hydrogen (secondary N) is 2. The van der Waals surface area contributed by atoms with E-state index in [9.17, 15) is 14.9 Å². The van der Waals surface area contributed by atoms with Gasteiger partial charge < -0.3 is 15.4 Å². The Balaban J connectivity index is 1.74. The molecule has 0 saturated heterocycles. The van der Waals surface area contributed by atoms with Crippen LogP contribution in [0.3, 0.4) is 0 Å². The van der Waals surface area contributed by atoms with Crippen LogP contribution in [-0.2, 0) is 11.3 Å². The number of nitro groups is 1. The van der Waals surface area contributed by atoms with Crippen LogP contribution in [0.1, 0.15) is 17.3 Å². The van der Waals surface area contributed by atoms with Gasteiger partial charge >= 0.3 is 0 Å². The minimum atomic E-state index is -0.572. The highest BCUT2D eigenvalue weighted by atomic mass is 32.2. The van der Waals surface area contributed by atoms with Crippen molar-refractivity contribution in [1.82, 2.24) is 25.1 Å². The van der Waals surface area contributed by atoms with Crippen molar-refractivity contribution >= 4 is 40.2 Å². The molecule has 2 aromatic heterocycles. The number of fused-ring (bicyclic) bond motifs is 1. The average Bonchev–Trinajstić information content (AvgIpc) is 3.17. The van der Waals surface area contributed by atoms with E-state index in [1.807, 2.05) is 6.92 Å². The van der Waals surface area contributed by atoms with Crippen molar-refractivity contribution in [2.75, 3.05) is 37.9 Å². The van der Waals surface area contributed by atoms with E-state index in [0.717, 1.165) is 11.1 Å². The van der Waals surface area contributed by atoms with E-state index in [1.54, 1.807) is 24.1 Å². The van der Waals surface area contributed by atoms with E-state index < -0.39 is 10.8 Å². The predicted octanol–water partition coefficient (Wildman–Crippen LogP) is 2.33. The second kappa shape index (κ2) is 10.7. The van der Waals surface area contributed by atoms with Crippen molar-refractivity contribution < 1.29 is 14.5 Å². The first-order valence-corrected chi connectivity index (χ1v) is 10.6. The molecule has 11 nitrogen and oxygen atoms in total. The highest BCUT2D eigenvalue weighted by Crippen LogP contribution is 2.24. The molecule has 0 saturated carbocycles. The maximum Gasteiger partial charge on any atom is 0.282 e. The van der Waals surface area contributed by atoms with Gasteiger partial charge in [0, 0.05) is 26.3 Å². The largest absolute Gasteiger partial charge is 0.383 e. The van der Waals surface area contributed by atoms with E-state index in [1.165, 1.54) is 30.0 Å². The fourth-order valence-corrected chi connectivity index (χ4v) is 3.46. The molecule has 2 heterocycles. The molecular formula is C19H23N7O4S. The third-order valence-corrected chi connectivity index (χ3v) is 5.03. The number of hydrogen-bond donors (Lipinski definition) is 2. The van der Waals surface area contributed by atoms with Gasteiger partial charge in [-0.3, -0.25) is 14.9 Å². The van der Waals surface area contributed by atoms with Gasteiger partial charge in [0.1, 0.15) is 11.4 Å². The molecule has 0 aliphatic rings. The summed E-state index contributed by atoms with van der Waals surface area (Å²) in [7, 11) is 1.63. The quantitative estimate of drug-likeness (QED) is 0.150. The summed E-state index contributed by atoms with van der Waals surface area (Å²) in [6.07, 6.45) is 1.68. The van der Waals surface area contributed by atoms with Crippen molar-refractivity contribution in [2.24, 2.45) is 0 Å². The molecule has 0 aliphatic heterocycles. The number of benzene rings is 1. The minimum Gasteiger partial charge on any atom is -0.383 e. The van der Waals surface area contributed by atoms with Crippen LogP contribution < -0.4 is 10.6 Å². The van der Waals surface area contributed by atoms with Crippen LogP contribution >= 0.6 is 11.8 Å². The van der Waals surface area contributed by atoms with Gasteiger partial charge in [0.2, 0.25) is 0 Å². The summed E-state index contributed by atoms with van der Waals surface area (Å²) in [5, 5.41) is 22.8. The number of rotatable bonds is 11. The molecule has 2 N–H and O–H groups in total. The van der Waals surface area contributed by atoms with Gasteiger partial charge in [-0.1, -0.05) is 30.8 Å². The smallest absolute Gasteiger partial charge is 0.282 e. The Labute approximate surface area is 182 Å². The number of aromatic nitrogens is 4. The van der Waals surface area contributed by atoms with Crippen molar-refractivity contribution in [3.05, 3.63) is 46.1 Å². The van der Waals surface area contributed by atoms with Gasteiger partial charge in [-0.05, 0) is 11.8 Å². The molecule has 0 unspecified atom stereocenters. The molecule has 0 atom stereocenters. The fourth-order valence-electron chi connectivity index (χ4n) is 2.89. The second-order valence-electron chi connectivity index (χ2n) is 6.34. The van der Waals surface area contributed by atoms with Crippen LogP contribution in [0.4, 0.5) is 11.5 Å². The summed E-state index contributed by atoms with van der Waals surface area (Å²) in [6.45, 7) is 3.73. The van der Waals surface area contributed by atoms with Crippen LogP contribution in [0.5, 0.6) is 0 Å². The number of amides is 1. The van der Waals surface area contributed by atoms with Crippen LogP contribution in [0.15, 0.2) is 35.6 Å². The summed E-state index contributed by atoms with van der Waals surface area (Å²) >= 11 is 1.52. The molecule has 3 rings (SSSR count). The summed E-state index contributed by atoms with van der Waals surface area (Å²) < 4.78 is 6.76. The lowest BCUT2D eigenvalue weighted by Crippen LogP contribution is -2.28. The van der Waals surface area contributed by atoms with E-state index in [-0.39, 0.29) is 17.8 Å². The topological polar surface area (TPSA) is 137 Å². The number of para-hydroxylation sites is 1. The first-order valence-electron chi connectivity index (χ1n) is 9.66. The molecule has 164 valence electrons. The van der Waals surface area contributed by atoms with Gasteiger partial charge in [0.05, 0.1) is 29.7 Å². The number of hydrogen-bond acceptors (Lipinski definition) is 9. The van der Waals surface area contributed by atoms with Gasteiger partial charge in [-0.25, -0.2) is 14.6 Å². The fraction of sp³-hybridized carbons (Fsp3) is 0.368. The number of ether oxygens (including phenoxy) is 1. The highest BCUT2D eigenvalue weighted by molar-refractivity contribution is 7.99. The maximum atomic E-state index is 12.4. The van der Waals surface area contributed by atoms with Crippen molar-refractivity contribution in [3.8, 4) is 0 Å². The van der Waals surface area contributed by atoms with Gasteiger partial charge in [0.15, 0.2) is 10.8 Å². The predicted molar refractivity (Wildman–Crippen MR) is 118 cm³/mol. The molecule has 0 spiro atoms. The van der Waals surface area contributed by atoms with Crippen LogP contribution in [-0.4, -0.2) is 63.1 Å². The van der Waals surface area contributed by atoms with Crippen LogP contribution in [0.25, 0.3) is 11.0 Å². The summed E-state index contributed by atoms with van der Waals surface area (Å²) in [6, 6.07) is 5.84. The Hall–Kier alpha value is -3.25. The number of anilines is 1. The second-order valence-corrected chi connectivity index (χ2v) is 7.57. The van der Waals surface area contributed by atoms with Crippen LogP contribution in [0.2, 0.25) is 0 Å². The normalized spacial score (nSPS) is 10.9. The first-order chi connectivity index (χ1) is 15.0. The SMILES string of the molecule is CCSc1nc(NCCOC)c2cnn(CCNC(=O)c3ccccc3[N+](=O)[O-])c2n1. The molecule has 12 heteroatoms. The number of thioether (sulfide) groups is 1. The molecule has 0 aliphatic carbocycles. The molecule has 0 bridgehead atoms. The van der Waals surface area contributed by atoms with E-state index in [2.05, 4.69) is 25.7 Å². The Kier molecular flexibility index (Phi) is 7.73. The lowest BCUT2D eigenvalue weighted by Gasteiger charge is -2.09. The van der Waals surface area contributed by atoms with Gasteiger partial charge in [0.25, 0.3) is 11.6 Å². The highest BCUT2D eigenvalue weighted by Gasteiger charge is 2.19. The minimum absolute atomic E-state index is 0.0198. The number of carbonyl (C=O) groups is 1. The van der Waals surface area contributed by atoms with Crippen molar-refractivity contribution in [3.63, 3.8) is 0 Å². The van der Waals surface area contributed by atoms with Crippen molar-refractivity contribution in [1.29, 1.82) is 0 Å². The van der Waals surface area contributed by atoms with E-state index in [0.29, 0.717) is 36.3 Å². The third kappa shape index (κ3) is 5.47. The number of nitrogens with zero attached hydrogens (tertiary/aromatic N) is 5. The summed E-state index contributed by atoms with van der Waals surface area (Å²) in [5.41, 5.74) is 0.433. The maximum absolute atomic E-state index is 12.4. The van der Waals surface area contributed by atoms with E-state index >= 15 is 0 Å². The van der Waals surface area contributed by atoms with E-state index in [4.69, 9.17) is 4.74 Å². The average molecular weight is 446 g/mol.